The molecular formula is C20H42O4. The van der Waals surface area contributed by atoms with Crippen molar-refractivity contribution in [3.8, 4) is 0 Å². The first-order valence-electron chi connectivity index (χ1n) is 10.3. The number of ether oxygens (including phenoxy) is 1. The van der Waals surface area contributed by atoms with Crippen molar-refractivity contribution < 1.29 is 20.1 Å². The summed E-state index contributed by atoms with van der Waals surface area (Å²) < 4.78 is 4.93. The number of unbranched alkanes of at least 4 members (excludes halogenated alkanes) is 12. The highest BCUT2D eigenvalue weighted by molar-refractivity contribution is 4.56. The molecule has 0 aromatic rings. The van der Waals surface area contributed by atoms with Crippen molar-refractivity contribution in [2.75, 3.05) is 13.2 Å². The molecule has 0 aliphatic heterocycles. The average Bonchev–Trinajstić information content (AvgIpc) is 2.58. The topological polar surface area (TPSA) is 69.9 Å². The SMILES string of the molecule is CCCCCCCCCCCCCCCC(O)CCOC(O)CO. The summed E-state index contributed by atoms with van der Waals surface area (Å²) in [4.78, 5) is 0. The van der Waals surface area contributed by atoms with Gasteiger partial charge in [0, 0.05) is 0 Å². The van der Waals surface area contributed by atoms with E-state index in [2.05, 4.69) is 6.92 Å². The summed E-state index contributed by atoms with van der Waals surface area (Å²) in [5, 5.41) is 27.4. The minimum Gasteiger partial charge on any atom is -0.393 e. The van der Waals surface area contributed by atoms with Gasteiger partial charge in [0.2, 0.25) is 0 Å². The first-order chi connectivity index (χ1) is 11.7. The summed E-state index contributed by atoms with van der Waals surface area (Å²) in [5.41, 5.74) is 0. The van der Waals surface area contributed by atoms with E-state index in [1.807, 2.05) is 0 Å². The van der Waals surface area contributed by atoms with Crippen molar-refractivity contribution in [1.29, 1.82) is 0 Å². The molecule has 0 aliphatic carbocycles. The molecule has 0 saturated heterocycles. The lowest BCUT2D eigenvalue weighted by Crippen LogP contribution is -2.19. The van der Waals surface area contributed by atoms with E-state index in [1.54, 1.807) is 0 Å². The largest absolute Gasteiger partial charge is 0.393 e. The van der Waals surface area contributed by atoms with Crippen molar-refractivity contribution >= 4 is 0 Å². The van der Waals surface area contributed by atoms with Crippen LogP contribution in [0.25, 0.3) is 0 Å². The number of hydrogen-bond acceptors (Lipinski definition) is 4. The molecule has 0 fully saturated rings. The zero-order valence-electron chi connectivity index (χ0n) is 15.9. The Labute approximate surface area is 149 Å². The fraction of sp³-hybridized carbons (Fsp3) is 1.00. The van der Waals surface area contributed by atoms with Crippen LogP contribution in [0.2, 0.25) is 0 Å². The molecule has 0 heterocycles. The van der Waals surface area contributed by atoms with E-state index >= 15 is 0 Å². The summed E-state index contributed by atoms with van der Waals surface area (Å²) in [5.74, 6) is 0. The van der Waals surface area contributed by atoms with Crippen LogP contribution in [-0.2, 0) is 4.74 Å². The maximum absolute atomic E-state index is 9.79. The second kappa shape index (κ2) is 19.2. The standard InChI is InChI=1S/C20H42O4/c1-2-3-4-5-6-7-8-9-10-11-12-13-14-15-19(22)16-17-24-20(23)18-21/h19-23H,2-18H2,1H3. The van der Waals surface area contributed by atoms with Gasteiger partial charge in [0.05, 0.1) is 19.3 Å². The van der Waals surface area contributed by atoms with E-state index < -0.39 is 12.9 Å². The zero-order valence-corrected chi connectivity index (χ0v) is 15.9. The molecule has 3 N–H and O–H groups in total. The molecule has 24 heavy (non-hydrogen) atoms. The zero-order chi connectivity index (χ0) is 17.9. The highest BCUT2D eigenvalue weighted by Crippen LogP contribution is 2.14. The van der Waals surface area contributed by atoms with E-state index in [1.165, 1.54) is 77.0 Å². The lowest BCUT2D eigenvalue weighted by Gasteiger charge is -2.12. The highest BCUT2D eigenvalue weighted by atomic mass is 16.6. The van der Waals surface area contributed by atoms with Crippen LogP contribution in [0, 0.1) is 0 Å². The van der Waals surface area contributed by atoms with Crippen molar-refractivity contribution in [2.24, 2.45) is 0 Å². The van der Waals surface area contributed by atoms with Gasteiger partial charge < -0.3 is 20.1 Å². The van der Waals surface area contributed by atoms with E-state index in [4.69, 9.17) is 14.9 Å². The Kier molecular flexibility index (Phi) is 19.0. The number of aliphatic hydroxyl groups is 3. The second-order valence-electron chi connectivity index (χ2n) is 6.98. The molecule has 0 aliphatic rings. The molecule has 0 aromatic heterocycles. The molecule has 4 nitrogen and oxygen atoms in total. The van der Waals surface area contributed by atoms with Gasteiger partial charge in [-0.15, -0.1) is 0 Å². The average molecular weight is 347 g/mol. The molecule has 146 valence electrons. The second-order valence-corrected chi connectivity index (χ2v) is 6.98. The molecule has 4 heteroatoms. The summed E-state index contributed by atoms with van der Waals surface area (Å²) in [6.07, 6.45) is 17.2. The number of hydrogen-bond donors (Lipinski definition) is 3. The van der Waals surface area contributed by atoms with E-state index in [0.29, 0.717) is 13.0 Å². The lowest BCUT2D eigenvalue weighted by atomic mass is 10.0. The molecule has 0 saturated carbocycles. The highest BCUT2D eigenvalue weighted by Gasteiger charge is 2.06. The van der Waals surface area contributed by atoms with E-state index in [-0.39, 0.29) is 6.10 Å². The monoisotopic (exact) mass is 346 g/mol. The van der Waals surface area contributed by atoms with Crippen molar-refractivity contribution in [2.45, 2.75) is 116 Å². The molecule has 0 spiro atoms. The van der Waals surface area contributed by atoms with Crippen LogP contribution < -0.4 is 0 Å². The molecule has 0 rings (SSSR count). The molecule has 0 bridgehead atoms. The van der Waals surface area contributed by atoms with Gasteiger partial charge in [0.25, 0.3) is 0 Å². The Balaban J connectivity index is 3.13. The van der Waals surface area contributed by atoms with Gasteiger partial charge in [-0.25, -0.2) is 0 Å². The van der Waals surface area contributed by atoms with Crippen LogP contribution in [-0.4, -0.2) is 40.9 Å². The van der Waals surface area contributed by atoms with Crippen LogP contribution in [0.3, 0.4) is 0 Å². The third-order valence-corrected chi connectivity index (χ3v) is 4.56. The number of aliphatic hydroxyl groups excluding tert-OH is 3. The molecule has 2 atom stereocenters. The van der Waals surface area contributed by atoms with E-state index in [0.717, 1.165) is 12.8 Å². The van der Waals surface area contributed by atoms with Crippen LogP contribution in [0.1, 0.15) is 103 Å². The van der Waals surface area contributed by atoms with Gasteiger partial charge in [0.15, 0.2) is 6.29 Å². The Morgan fingerprint density at radius 2 is 1.12 bits per heavy atom. The summed E-state index contributed by atoms with van der Waals surface area (Å²) in [6, 6.07) is 0. The molecule has 0 radical (unpaired) electrons. The van der Waals surface area contributed by atoms with Crippen molar-refractivity contribution in [3.05, 3.63) is 0 Å². The number of rotatable bonds is 19. The van der Waals surface area contributed by atoms with Gasteiger partial charge in [-0.1, -0.05) is 90.4 Å². The van der Waals surface area contributed by atoms with Gasteiger partial charge >= 0.3 is 0 Å². The Morgan fingerprint density at radius 3 is 1.58 bits per heavy atom. The van der Waals surface area contributed by atoms with Gasteiger partial charge in [-0.2, -0.15) is 0 Å². The normalized spacial score (nSPS) is 14.0. The maximum atomic E-state index is 9.79. The lowest BCUT2D eigenvalue weighted by molar-refractivity contribution is -0.129. The molecule has 0 amide bonds. The Bertz CT molecular complexity index is 236. The minimum absolute atomic E-state index is 0.293. The Morgan fingerprint density at radius 1 is 0.667 bits per heavy atom. The van der Waals surface area contributed by atoms with Gasteiger partial charge in [-0.05, 0) is 12.8 Å². The van der Waals surface area contributed by atoms with Gasteiger partial charge in [-0.3, -0.25) is 0 Å². The minimum atomic E-state index is -1.12. The third kappa shape index (κ3) is 18.2. The predicted octanol–water partition coefficient (Wildman–Crippen LogP) is 4.55. The summed E-state index contributed by atoms with van der Waals surface area (Å²) in [6.45, 7) is 2.16. The van der Waals surface area contributed by atoms with Crippen LogP contribution in [0.15, 0.2) is 0 Å². The van der Waals surface area contributed by atoms with Crippen LogP contribution in [0.5, 0.6) is 0 Å². The molecular weight excluding hydrogens is 304 g/mol. The molecule has 2 unspecified atom stereocenters. The Hall–Kier alpha value is -0.160. The molecule has 0 aromatic carbocycles. The predicted molar refractivity (Wildman–Crippen MR) is 100.0 cm³/mol. The smallest absolute Gasteiger partial charge is 0.177 e. The third-order valence-electron chi connectivity index (χ3n) is 4.56. The quantitative estimate of drug-likeness (QED) is 0.237. The van der Waals surface area contributed by atoms with Crippen LogP contribution in [0.4, 0.5) is 0 Å². The fourth-order valence-corrected chi connectivity index (χ4v) is 2.93. The van der Waals surface area contributed by atoms with Crippen molar-refractivity contribution in [3.63, 3.8) is 0 Å². The first kappa shape index (κ1) is 23.8. The fourth-order valence-electron chi connectivity index (χ4n) is 2.93. The first-order valence-corrected chi connectivity index (χ1v) is 10.3. The van der Waals surface area contributed by atoms with Gasteiger partial charge in [0.1, 0.15) is 0 Å². The summed E-state index contributed by atoms with van der Waals surface area (Å²) >= 11 is 0. The van der Waals surface area contributed by atoms with E-state index in [9.17, 15) is 5.11 Å². The van der Waals surface area contributed by atoms with Crippen molar-refractivity contribution in [1.82, 2.24) is 0 Å². The summed E-state index contributed by atoms with van der Waals surface area (Å²) in [7, 11) is 0. The van der Waals surface area contributed by atoms with Crippen LogP contribution >= 0.6 is 0 Å². The maximum Gasteiger partial charge on any atom is 0.177 e.